The smallest absolute Gasteiger partial charge is 0.258 e. The van der Waals surface area contributed by atoms with Gasteiger partial charge in [-0.15, -0.1) is 0 Å². The molecule has 1 N–H and O–H groups in total. The lowest BCUT2D eigenvalue weighted by molar-refractivity contribution is 0.431. The molecule has 0 aliphatic carbocycles. The van der Waals surface area contributed by atoms with Gasteiger partial charge in [-0.05, 0) is 36.6 Å². The fraction of sp³-hybridized carbons (Fsp3) is 0.176. The van der Waals surface area contributed by atoms with Crippen LogP contribution in [0.25, 0.3) is 22.8 Å². The fourth-order valence-electron chi connectivity index (χ4n) is 2.09. The van der Waals surface area contributed by atoms with Crippen LogP contribution < -0.4 is 0 Å². The molecular formula is C17H16N2O2. The molecule has 0 atom stereocenters. The van der Waals surface area contributed by atoms with E-state index in [-0.39, 0.29) is 5.75 Å². The minimum absolute atomic E-state index is 0.222. The van der Waals surface area contributed by atoms with Crippen molar-refractivity contribution in [1.82, 2.24) is 10.1 Å². The molecule has 1 heterocycles. The monoisotopic (exact) mass is 280 g/mol. The molecule has 3 rings (SSSR count). The number of phenols is 1. The van der Waals surface area contributed by atoms with Gasteiger partial charge in [0.25, 0.3) is 5.89 Å². The number of hydrogen-bond acceptors (Lipinski definition) is 4. The predicted molar refractivity (Wildman–Crippen MR) is 80.9 cm³/mol. The van der Waals surface area contributed by atoms with Crippen LogP contribution in [-0.4, -0.2) is 15.2 Å². The second kappa shape index (κ2) is 5.40. The lowest BCUT2D eigenvalue weighted by Crippen LogP contribution is -1.84. The van der Waals surface area contributed by atoms with E-state index >= 15 is 0 Å². The summed E-state index contributed by atoms with van der Waals surface area (Å²) in [7, 11) is 0. The van der Waals surface area contributed by atoms with E-state index in [9.17, 15) is 5.11 Å². The minimum atomic E-state index is 0.222. The van der Waals surface area contributed by atoms with E-state index in [4.69, 9.17) is 4.52 Å². The standard InChI is InChI=1S/C17H16N2O2/c1-3-12-5-8-13(9-6-12)16-18-17(21-19-16)14-7-4-11(2)15(20)10-14/h4-10,20H,3H2,1-2H3. The summed E-state index contributed by atoms with van der Waals surface area (Å²) in [5.74, 6) is 1.17. The van der Waals surface area contributed by atoms with E-state index in [1.165, 1.54) is 5.56 Å². The van der Waals surface area contributed by atoms with Crippen LogP contribution in [0.2, 0.25) is 0 Å². The van der Waals surface area contributed by atoms with Gasteiger partial charge in [0.2, 0.25) is 5.82 Å². The quantitative estimate of drug-likeness (QED) is 0.788. The van der Waals surface area contributed by atoms with E-state index in [2.05, 4.69) is 29.2 Å². The average molecular weight is 280 g/mol. The average Bonchev–Trinajstić information content (AvgIpc) is 3.00. The van der Waals surface area contributed by atoms with Gasteiger partial charge in [-0.3, -0.25) is 0 Å². The van der Waals surface area contributed by atoms with Gasteiger partial charge in [-0.1, -0.05) is 42.4 Å². The zero-order valence-corrected chi connectivity index (χ0v) is 12.0. The highest BCUT2D eigenvalue weighted by Gasteiger charge is 2.11. The predicted octanol–water partition coefficient (Wildman–Crippen LogP) is 3.98. The molecule has 0 saturated carbocycles. The molecule has 0 unspecified atom stereocenters. The number of aromatic hydroxyl groups is 1. The van der Waals surface area contributed by atoms with Gasteiger partial charge in [0.05, 0.1) is 0 Å². The van der Waals surface area contributed by atoms with Crippen molar-refractivity contribution in [3.8, 4) is 28.6 Å². The maximum absolute atomic E-state index is 9.75. The molecule has 21 heavy (non-hydrogen) atoms. The zero-order chi connectivity index (χ0) is 14.8. The topological polar surface area (TPSA) is 59.2 Å². The highest BCUT2D eigenvalue weighted by molar-refractivity contribution is 5.61. The second-order valence-corrected chi connectivity index (χ2v) is 4.97. The molecule has 0 saturated heterocycles. The van der Waals surface area contributed by atoms with Crippen LogP contribution >= 0.6 is 0 Å². The second-order valence-electron chi connectivity index (χ2n) is 4.97. The Morgan fingerprint density at radius 2 is 1.76 bits per heavy atom. The Labute approximate surface area is 123 Å². The molecule has 4 heteroatoms. The summed E-state index contributed by atoms with van der Waals surface area (Å²) in [6.07, 6.45) is 1.00. The van der Waals surface area contributed by atoms with Crippen LogP contribution in [0.5, 0.6) is 5.75 Å². The molecule has 0 amide bonds. The Bertz CT molecular complexity index is 761. The maximum Gasteiger partial charge on any atom is 0.258 e. The van der Waals surface area contributed by atoms with E-state index in [0.717, 1.165) is 17.5 Å². The molecule has 0 aliphatic heterocycles. The lowest BCUT2D eigenvalue weighted by Gasteiger charge is -1.99. The molecule has 106 valence electrons. The first-order valence-electron chi connectivity index (χ1n) is 6.90. The molecule has 0 radical (unpaired) electrons. The van der Waals surface area contributed by atoms with E-state index < -0.39 is 0 Å². The third-order valence-electron chi connectivity index (χ3n) is 3.50. The van der Waals surface area contributed by atoms with Gasteiger partial charge in [0, 0.05) is 11.1 Å². The SMILES string of the molecule is CCc1ccc(-c2noc(-c3ccc(C)c(O)c3)n2)cc1. The number of aryl methyl sites for hydroxylation is 2. The summed E-state index contributed by atoms with van der Waals surface area (Å²) in [6.45, 7) is 3.96. The first kappa shape index (κ1) is 13.4. The van der Waals surface area contributed by atoms with Gasteiger partial charge < -0.3 is 9.63 Å². The van der Waals surface area contributed by atoms with Crippen molar-refractivity contribution in [2.75, 3.05) is 0 Å². The molecule has 0 fully saturated rings. The third kappa shape index (κ3) is 2.65. The Hall–Kier alpha value is -2.62. The van der Waals surface area contributed by atoms with Crippen LogP contribution in [0, 0.1) is 6.92 Å². The molecule has 0 bridgehead atoms. The van der Waals surface area contributed by atoms with Crippen molar-refractivity contribution in [3.63, 3.8) is 0 Å². The van der Waals surface area contributed by atoms with Crippen molar-refractivity contribution < 1.29 is 9.63 Å². The van der Waals surface area contributed by atoms with E-state index in [1.807, 2.05) is 31.2 Å². The number of rotatable bonds is 3. The van der Waals surface area contributed by atoms with Gasteiger partial charge in [-0.25, -0.2) is 0 Å². The first-order chi connectivity index (χ1) is 10.2. The number of nitrogens with zero attached hydrogens (tertiary/aromatic N) is 2. The lowest BCUT2D eigenvalue weighted by atomic mass is 10.1. The van der Waals surface area contributed by atoms with Crippen molar-refractivity contribution in [2.45, 2.75) is 20.3 Å². The summed E-state index contributed by atoms with van der Waals surface area (Å²) < 4.78 is 5.28. The number of hydrogen-bond donors (Lipinski definition) is 1. The summed E-state index contributed by atoms with van der Waals surface area (Å²) >= 11 is 0. The minimum Gasteiger partial charge on any atom is -0.508 e. The summed E-state index contributed by atoms with van der Waals surface area (Å²) in [5, 5.41) is 13.8. The van der Waals surface area contributed by atoms with E-state index in [1.54, 1.807) is 6.07 Å². The van der Waals surface area contributed by atoms with Crippen molar-refractivity contribution in [2.24, 2.45) is 0 Å². The normalized spacial score (nSPS) is 10.8. The molecule has 2 aromatic carbocycles. The molecule has 0 spiro atoms. The first-order valence-corrected chi connectivity index (χ1v) is 6.90. The Morgan fingerprint density at radius 3 is 2.43 bits per heavy atom. The molecule has 0 aliphatic rings. The summed E-state index contributed by atoms with van der Waals surface area (Å²) in [5.41, 5.74) is 3.71. The third-order valence-corrected chi connectivity index (χ3v) is 3.50. The fourth-order valence-corrected chi connectivity index (χ4v) is 2.09. The molecule has 1 aromatic heterocycles. The molecule has 3 aromatic rings. The van der Waals surface area contributed by atoms with Crippen LogP contribution in [0.1, 0.15) is 18.1 Å². The summed E-state index contributed by atoms with van der Waals surface area (Å²) in [4.78, 5) is 4.39. The molecule has 4 nitrogen and oxygen atoms in total. The van der Waals surface area contributed by atoms with Gasteiger partial charge in [-0.2, -0.15) is 4.98 Å². The van der Waals surface area contributed by atoms with Gasteiger partial charge in [0.1, 0.15) is 5.75 Å². The largest absolute Gasteiger partial charge is 0.508 e. The number of aromatic nitrogens is 2. The van der Waals surface area contributed by atoms with Crippen LogP contribution in [-0.2, 0) is 6.42 Å². The van der Waals surface area contributed by atoms with Gasteiger partial charge >= 0.3 is 0 Å². The Kier molecular flexibility index (Phi) is 3.44. The number of phenolic OH excluding ortho intramolecular Hbond substituents is 1. The number of benzene rings is 2. The highest BCUT2D eigenvalue weighted by Crippen LogP contribution is 2.26. The zero-order valence-electron chi connectivity index (χ0n) is 12.0. The van der Waals surface area contributed by atoms with Crippen molar-refractivity contribution in [1.29, 1.82) is 0 Å². The van der Waals surface area contributed by atoms with E-state index in [0.29, 0.717) is 17.3 Å². The maximum atomic E-state index is 9.75. The van der Waals surface area contributed by atoms with Crippen molar-refractivity contribution >= 4 is 0 Å². The molecular weight excluding hydrogens is 264 g/mol. The Morgan fingerprint density at radius 1 is 1.05 bits per heavy atom. The highest BCUT2D eigenvalue weighted by atomic mass is 16.5. The van der Waals surface area contributed by atoms with Gasteiger partial charge in [0.15, 0.2) is 0 Å². The summed E-state index contributed by atoms with van der Waals surface area (Å²) in [6, 6.07) is 13.4. The van der Waals surface area contributed by atoms with Crippen LogP contribution in [0.4, 0.5) is 0 Å². The Balaban J connectivity index is 1.93. The van der Waals surface area contributed by atoms with Crippen LogP contribution in [0.15, 0.2) is 47.0 Å². The van der Waals surface area contributed by atoms with Crippen molar-refractivity contribution in [3.05, 3.63) is 53.6 Å². The van der Waals surface area contributed by atoms with Crippen LogP contribution in [0.3, 0.4) is 0 Å².